The molecule has 0 aliphatic carbocycles. The van der Waals surface area contributed by atoms with E-state index in [0.717, 1.165) is 31.5 Å². The monoisotopic (exact) mass is 342 g/mol. The van der Waals surface area contributed by atoms with Gasteiger partial charge in [0.25, 0.3) is 5.91 Å². The number of hydrogen-bond acceptors (Lipinski definition) is 4. The molecule has 1 aliphatic heterocycles. The Morgan fingerprint density at radius 2 is 1.88 bits per heavy atom. The summed E-state index contributed by atoms with van der Waals surface area (Å²) in [5, 5.41) is 9.19. The van der Waals surface area contributed by atoms with E-state index in [4.69, 9.17) is 4.52 Å². The van der Waals surface area contributed by atoms with Gasteiger partial charge in [0.1, 0.15) is 12.0 Å². The zero-order valence-corrected chi connectivity index (χ0v) is 14.0. The summed E-state index contributed by atoms with van der Waals surface area (Å²) < 4.78 is 4.70. The average Bonchev–Trinajstić information content (AvgIpc) is 3.19. The van der Waals surface area contributed by atoms with Gasteiger partial charge in [-0.25, -0.2) is 4.79 Å². The fourth-order valence-electron chi connectivity index (χ4n) is 2.84. The van der Waals surface area contributed by atoms with Crippen molar-refractivity contribution in [2.24, 2.45) is 0 Å². The molecule has 25 heavy (non-hydrogen) atoms. The van der Waals surface area contributed by atoms with Crippen LogP contribution >= 0.6 is 0 Å². The largest absolute Gasteiger partial charge is 0.364 e. The van der Waals surface area contributed by atoms with Crippen molar-refractivity contribution in [1.82, 2.24) is 20.7 Å². The summed E-state index contributed by atoms with van der Waals surface area (Å²) >= 11 is 0. The number of piperidine rings is 1. The fourth-order valence-corrected chi connectivity index (χ4v) is 2.84. The van der Waals surface area contributed by atoms with E-state index in [2.05, 4.69) is 15.8 Å². The van der Waals surface area contributed by atoms with Gasteiger partial charge < -0.3 is 20.1 Å². The molecule has 0 saturated carbocycles. The van der Waals surface area contributed by atoms with E-state index < -0.39 is 0 Å². The lowest BCUT2D eigenvalue weighted by atomic mass is 10.1. The third-order valence-electron chi connectivity index (χ3n) is 4.19. The normalized spacial score (nSPS) is 14.2. The van der Waals surface area contributed by atoms with Crippen molar-refractivity contribution < 1.29 is 14.1 Å². The fraction of sp³-hybridized carbons (Fsp3) is 0.389. The summed E-state index contributed by atoms with van der Waals surface area (Å²) in [5.41, 5.74) is 2.22. The van der Waals surface area contributed by atoms with Crippen LogP contribution in [0.5, 0.6) is 0 Å². The molecule has 2 N–H and O–H groups in total. The Labute approximate surface area is 146 Å². The standard InChI is InChI=1S/C18H22N4O3/c23-17(22-8-2-1-3-9-22)15-6-4-5-14(11-15)12-19-18(24)20-13-16-7-10-25-21-16/h4-7,10-11H,1-3,8-9,12-13H2,(H2,19,20,24). The van der Waals surface area contributed by atoms with Crippen LogP contribution in [-0.4, -0.2) is 35.1 Å². The van der Waals surface area contributed by atoms with Gasteiger partial charge >= 0.3 is 6.03 Å². The van der Waals surface area contributed by atoms with Gasteiger partial charge in [-0.3, -0.25) is 4.79 Å². The van der Waals surface area contributed by atoms with Gasteiger partial charge in [-0.15, -0.1) is 0 Å². The number of likely N-dealkylation sites (tertiary alicyclic amines) is 1. The summed E-state index contributed by atoms with van der Waals surface area (Å²) in [7, 11) is 0. The van der Waals surface area contributed by atoms with Crippen LogP contribution in [0.2, 0.25) is 0 Å². The number of amides is 3. The van der Waals surface area contributed by atoms with Crippen LogP contribution in [0.15, 0.2) is 41.1 Å². The summed E-state index contributed by atoms with van der Waals surface area (Å²) in [5.74, 6) is 0.0667. The van der Waals surface area contributed by atoms with Gasteiger partial charge in [-0.05, 0) is 37.0 Å². The van der Waals surface area contributed by atoms with Crippen molar-refractivity contribution >= 4 is 11.9 Å². The highest BCUT2D eigenvalue weighted by Gasteiger charge is 2.18. The summed E-state index contributed by atoms with van der Waals surface area (Å²) in [6, 6.07) is 8.80. The van der Waals surface area contributed by atoms with Crippen molar-refractivity contribution in [2.75, 3.05) is 13.1 Å². The number of hydrogen-bond donors (Lipinski definition) is 2. The number of aromatic nitrogens is 1. The first-order valence-electron chi connectivity index (χ1n) is 8.51. The quantitative estimate of drug-likeness (QED) is 0.873. The number of benzene rings is 1. The Balaban J connectivity index is 1.50. The van der Waals surface area contributed by atoms with Crippen LogP contribution in [0.25, 0.3) is 0 Å². The first-order valence-corrected chi connectivity index (χ1v) is 8.51. The third kappa shape index (κ3) is 4.82. The molecule has 0 radical (unpaired) electrons. The van der Waals surface area contributed by atoms with Gasteiger partial charge in [0, 0.05) is 31.3 Å². The topological polar surface area (TPSA) is 87.5 Å². The number of urea groups is 1. The molecule has 2 aromatic rings. The summed E-state index contributed by atoms with van der Waals surface area (Å²) in [6.07, 6.45) is 4.79. The van der Waals surface area contributed by atoms with Gasteiger partial charge in [0.2, 0.25) is 0 Å². The molecular weight excluding hydrogens is 320 g/mol. The van der Waals surface area contributed by atoms with E-state index in [1.807, 2.05) is 29.2 Å². The number of carbonyl (C=O) groups excluding carboxylic acids is 2. The van der Waals surface area contributed by atoms with E-state index in [1.54, 1.807) is 6.07 Å². The molecule has 7 heteroatoms. The number of nitrogens with one attached hydrogen (secondary N) is 2. The van der Waals surface area contributed by atoms with E-state index in [9.17, 15) is 9.59 Å². The van der Waals surface area contributed by atoms with Gasteiger partial charge in [0.15, 0.2) is 0 Å². The van der Waals surface area contributed by atoms with Crippen molar-refractivity contribution in [1.29, 1.82) is 0 Å². The van der Waals surface area contributed by atoms with Crippen LogP contribution in [0.3, 0.4) is 0 Å². The lowest BCUT2D eigenvalue weighted by molar-refractivity contribution is 0.0724. The highest BCUT2D eigenvalue weighted by atomic mass is 16.5. The number of nitrogens with zero attached hydrogens (tertiary/aromatic N) is 2. The molecule has 0 unspecified atom stereocenters. The number of rotatable bonds is 5. The predicted octanol–water partition coefficient (Wildman–Crippen LogP) is 2.30. The Hall–Kier alpha value is -2.83. The molecule has 1 aromatic carbocycles. The maximum atomic E-state index is 12.5. The van der Waals surface area contributed by atoms with Crippen molar-refractivity contribution in [3.05, 3.63) is 53.4 Å². The first-order chi connectivity index (χ1) is 12.2. The Kier molecular flexibility index (Phi) is 5.66. The van der Waals surface area contributed by atoms with Crippen molar-refractivity contribution in [3.63, 3.8) is 0 Å². The van der Waals surface area contributed by atoms with Gasteiger partial charge in [-0.2, -0.15) is 0 Å². The Bertz CT molecular complexity index is 709. The molecule has 0 spiro atoms. The lowest BCUT2D eigenvalue weighted by Crippen LogP contribution is -2.36. The van der Waals surface area contributed by atoms with Crippen LogP contribution < -0.4 is 10.6 Å². The molecule has 0 atom stereocenters. The highest BCUT2D eigenvalue weighted by molar-refractivity contribution is 5.94. The van der Waals surface area contributed by atoms with Crippen LogP contribution in [0.4, 0.5) is 4.79 Å². The van der Waals surface area contributed by atoms with Gasteiger partial charge in [0.05, 0.1) is 6.54 Å². The lowest BCUT2D eigenvalue weighted by Gasteiger charge is -2.26. The van der Waals surface area contributed by atoms with E-state index in [-0.39, 0.29) is 11.9 Å². The first kappa shape index (κ1) is 17.0. The molecule has 1 fully saturated rings. The second kappa shape index (κ2) is 8.32. The molecule has 132 valence electrons. The summed E-state index contributed by atoms with van der Waals surface area (Å²) in [4.78, 5) is 26.3. The molecule has 2 heterocycles. The molecule has 1 aliphatic rings. The predicted molar refractivity (Wildman–Crippen MR) is 91.8 cm³/mol. The van der Waals surface area contributed by atoms with Crippen molar-refractivity contribution in [2.45, 2.75) is 32.4 Å². The minimum atomic E-state index is -0.296. The van der Waals surface area contributed by atoms with Crippen molar-refractivity contribution in [3.8, 4) is 0 Å². The highest BCUT2D eigenvalue weighted by Crippen LogP contribution is 2.14. The molecule has 1 aromatic heterocycles. The number of carbonyl (C=O) groups is 2. The molecule has 0 bridgehead atoms. The van der Waals surface area contributed by atoms with Crippen LogP contribution in [-0.2, 0) is 13.1 Å². The molecule has 1 saturated heterocycles. The van der Waals surface area contributed by atoms with E-state index in [0.29, 0.717) is 24.3 Å². The van der Waals surface area contributed by atoms with E-state index >= 15 is 0 Å². The maximum absolute atomic E-state index is 12.5. The maximum Gasteiger partial charge on any atom is 0.315 e. The van der Waals surface area contributed by atoms with Gasteiger partial charge in [-0.1, -0.05) is 17.3 Å². The average molecular weight is 342 g/mol. The minimum Gasteiger partial charge on any atom is -0.364 e. The smallest absolute Gasteiger partial charge is 0.315 e. The zero-order valence-electron chi connectivity index (χ0n) is 14.0. The second-order valence-corrected chi connectivity index (χ2v) is 6.08. The molecule has 7 nitrogen and oxygen atoms in total. The molecule has 3 amide bonds. The van der Waals surface area contributed by atoms with E-state index in [1.165, 1.54) is 12.7 Å². The molecular formula is C18H22N4O3. The molecule has 3 rings (SSSR count). The summed E-state index contributed by atoms with van der Waals surface area (Å²) in [6.45, 7) is 2.30. The van der Waals surface area contributed by atoms with Crippen LogP contribution in [0.1, 0.15) is 40.9 Å². The zero-order chi connectivity index (χ0) is 17.5. The van der Waals surface area contributed by atoms with Crippen LogP contribution in [0, 0.1) is 0 Å². The second-order valence-electron chi connectivity index (χ2n) is 6.08. The Morgan fingerprint density at radius 1 is 1.08 bits per heavy atom. The third-order valence-corrected chi connectivity index (χ3v) is 4.19. The SMILES string of the molecule is O=C(NCc1cccc(C(=O)N2CCCCC2)c1)NCc1ccon1. The minimum absolute atomic E-state index is 0.0667. The Morgan fingerprint density at radius 3 is 2.64 bits per heavy atom.